The Morgan fingerprint density at radius 1 is 1.48 bits per heavy atom. The van der Waals surface area contributed by atoms with E-state index in [1.807, 2.05) is 0 Å². The van der Waals surface area contributed by atoms with Crippen molar-refractivity contribution in [3.8, 4) is 5.75 Å². The number of aliphatic hydroxyl groups is 1. The molecule has 0 spiro atoms. The lowest BCUT2D eigenvalue weighted by molar-refractivity contribution is -0.122. The molecule has 1 heterocycles. The molecule has 2 amide bonds. The molecule has 0 aliphatic carbocycles. The molecule has 7 heteroatoms. The summed E-state index contributed by atoms with van der Waals surface area (Å²) >= 11 is 0. The molecule has 2 unspecified atom stereocenters. The van der Waals surface area contributed by atoms with E-state index >= 15 is 0 Å². The predicted molar refractivity (Wildman–Crippen MR) is 77.0 cm³/mol. The SMILES string of the molecule is CNC(=O)COc1cccc(NC(=O)C2CC(O)CN2)c1. The molecule has 2 rings (SSSR count). The topological polar surface area (TPSA) is 99.7 Å². The number of benzene rings is 1. The molecule has 1 aliphatic heterocycles. The normalized spacial score (nSPS) is 20.9. The first kappa shape index (κ1) is 15.3. The second-order valence-electron chi connectivity index (χ2n) is 4.83. The Balaban J connectivity index is 1.91. The quantitative estimate of drug-likeness (QED) is 0.585. The van der Waals surface area contributed by atoms with Crippen molar-refractivity contribution in [2.75, 3.05) is 25.5 Å². The Kier molecular flexibility index (Phi) is 5.13. The Labute approximate surface area is 122 Å². The molecule has 0 bridgehead atoms. The van der Waals surface area contributed by atoms with Crippen LogP contribution in [0.3, 0.4) is 0 Å². The molecule has 7 nitrogen and oxygen atoms in total. The third kappa shape index (κ3) is 4.44. The van der Waals surface area contributed by atoms with Crippen LogP contribution in [0.25, 0.3) is 0 Å². The molecule has 1 fully saturated rings. The van der Waals surface area contributed by atoms with Crippen molar-refractivity contribution < 1.29 is 19.4 Å². The zero-order valence-corrected chi connectivity index (χ0v) is 11.8. The number of nitrogens with one attached hydrogen (secondary N) is 3. The summed E-state index contributed by atoms with van der Waals surface area (Å²) in [6.45, 7) is 0.345. The van der Waals surface area contributed by atoms with Gasteiger partial charge in [-0.3, -0.25) is 9.59 Å². The molecule has 0 aromatic heterocycles. The molecule has 1 aromatic carbocycles. The van der Waals surface area contributed by atoms with Gasteiger partial charge in [-0.2, -0.15) is 0 Å². The first-order chi connectivity index (χ1) is 10.1. The Bertz CT molecular complexity index is 521. The highest BCUT2D eigenvalue weighted by molar-refractivity contribution is 5.95. The Morgan fingerprint density at radius 2 is 2.29 bits per heavy atom. The number of hydrogen-bond acceptors (Lipinski definition) is 5. The molecule has 4 N–H and O–H groups in total. The van der Waals surface area contributed by atoms with E-state index in [0.717, 1.165) is 0 Å². The van der Waals surface area contributed by atoms with Gasteiger partial charge in [-0.15, -0.1) is 0 Å². The van der Waals surface area contributed by atoms with Gasteiger partial charge in [0.25, 0.3) is 5.91 Å². The van der Waals surface area contributed by atoms with Gasteiger partial charge in [0.05, 0.1) is 12.1 Å². The zero-order valence-electron chi connectivity index (χ0n) is 11.8. The molecule has 0 radical (unpaired) electrons. The monoisotopic (exact) mass is 293 g/mol. The van der Waals surface area contributed by atoms with Crippen LogP contribution in [0.15, 0.2) is 24.3 Å². The van der Waals surface area contributed by atoms with Crippen LogP contribution in [0.5, 0.6) is 5.75 Å². The number of carbonyl (C=O) groups is 2. The highest BCUT2D eigenvalue weighted by Crippen LogP contribution is 2.18. The van der Waals surface area contributed by atoms with Crippen LogP contribution in [0.2, 0.25) is 0 Å². The summed E-state index contributed by atoms with van der Waals surface area (Å²) in [5.41, 5.74) is 0.581. The van der Waals surface area contributed by atoms with Gasteiger partial charge in [-0.1, -0.05) is 6.07 Å². The van der Waals surface area contributed by atoms with Crippen molar-refractivity contribution in [1.29, 1.82) is 0 Å². The van der Waals surface area contributed by atoms with E-state index in [2.05, 4.69) is 16.0 Å². The second-order valence-corrected chi connectivity index (χ2v) is 4.83. The Hall–Kier alpha value is -2.12. The van der Waals surface area contributed by atoms with Crippen LogP contribution in [0, 0.1) is 0 Å². The van der Waals surface area contributed by atoms with Crippen LogP contribution in [0.4, 0.5) is 5.69 Å². The number of amides is 2. The van der Waals surface area contributed by atoms with Gasteiger partial charge in [0.15, 0.2) is 6.61 Å². The van der Waals surface area contributed by atoms with Crippen LogP contribution in [-0.2, 0) is 9.59 Å². The van der Waals surface area contributed by atoms with Gasteiger partial charge in [0.2, 0.25) is 5.91 Å². The minimum atomic E-state index is -0.483. The second kappa shape index (κ2) is 7.05. The van der Waals surface area contributed by atoms with Crippen LogP contribution in [0.1, 0.15) is 6.42 Å². The van der Waals surface area contributed by atoms with Gasteiger partial charge in [-0.05, 0) is 18.6 Å². The van der Waals surface area contributed by atoms with Gasteiger partial charge in [0.1, 0.15) is 5.75 Å². The summed E-state index contributed by atoms with van der Waals surface area (Å²) in [6.07, 6.45) is -0.0819. The zero-order chi connectivity index (χ0) is 15.2. The summed E-state index contributed by atoms with van der Waals surface area (Å²) in [7, 11) is 1.53. The highest BCUT2D eigenvalue weighted by Gasteiger charge is 2.27. The van der Waals surface area contributed by atoms with Crippen LogP contribution in [-0.4, -0.2) is 49.3 Å². The largest absolute Gasteiger partial charge is 0.484 e. The average molecular weight is 293 g/mol. The number of β-amino-alcohol motifs (C(OH)–C–C–N with tert-alkyl or cyclic N) is 1. The van der Waals surface area contributed by atoms with Gasteiger partial charge in [-0.25, -0.2) is 0 Å². The third-order valence-electron chi connectivity index (χ3n) is 3.17. The number of likely N-dealkylation sites (N-methyl/N-ethyl adjacent to an activating group) is 1. The maximum Gasteiger partial charge on any atom is 0.257 e. The lowest BCUT2D eigenvalue weighted by atomic mass is 10.2. The van der Waals surface area contributed by atoms with E-state index in [1.165, 1.54) is 7.05 Å². The molecule has 2 atom stereocenters. The minimum Gasteiger partial charge on any atom is -0.484 e. The fourth-order valence-corrected chi connectivity index (χ4v) is 2.03. The van der Waals surface area contributed by atoms with Crippen LogP contribution < -0.4 is 20.7 Å². The van der Waals surface area contributed by atoms with Crippen molar-refractivity contribution in [2.45, 2.75) is 18.6 Å². The van der Waals surface area contributed by atoms with Crippen molar-refractivity contribution in [3.05, 3.63) is 24.3 Å². The lowest BCUT2D eigenvalue weighted by Crippen LogP contribution is -2.35. The summed E-state index contributed by atoms with van der Waals surface area (Å²) in [4.78, 5) is 23.1. The summed E-state index contributed by atoms with van der Waals surface area (Å²) in [5, 5.41) is 17.6. The van der Waals surface area contributed by atoms with E-state index in [1.54, 1.807) is 24.3 Å². The van der Waals surface area contributed by atoms with E-state index in [9.17, 15) is 14.7 Å². The van der Waals surface area contributed by atoms with E-state index < -0.39 is 12.1 Å². The average Bonchev–Trinajstić information content (AvgIpc) is 2.92. The maximum absolute atomic E-state index is 12.0. The molecule has 1 aliphatic rings. The molecule has 114 valence electrons. The molecule has 21 heavy (non-hydrogen) atoms. The molecular weight excluding hydrogens is 274 g/mol. The molecule has 1 aromatic rings. The smallest absolute Gasteiger partial charge is 0.257 e. The fraction of sp³-hybridized carbons (Fsp3) is 0.429. The van der Waals surface area contributed by atoms with Gasteiger partial charge in [0, 0.05) is 25.3 Å². The van der Waals surface area contributed by atoms with Crippen molar-refractivity contribution in [1.82, 2.24) is 10.6 Å². The van der Waals surface area contributed by atoms with Crippen molar-refractivity contribution in [2.24, 2.45) is 0 Å². The van der Waals surface area contributed by atoms with Crippen LogP contribution >= 0.6 is 0 Å². The van der Waals surface area contributed by atoms with E-state index in [-0.39, 0.29) is 18.4 Å². The number of ether oxygens (including phenoxy) is 1. The highest BCUT2D eigenvalue weighted by atomic mass is 16.5. The fourth-order valence-electron chi connectivity index (χ4n) is 2.03. The molecular formula is C14H19N3O4. The number of hydrogen-bond donors (Lipinski definition) is 4. The summed E-state index contributed by atoms with van der Waals surface area (Å²) in [6, 6.07) is 6.42. The third-order valence-corrected chi connectivity index (χ3v) is 3.17. The first-order valence-corrected chi connectivity index (χ1v) is 6.74. The summed E-state index contributed by atoms with van der Waals surface area (Å²) in [5.74, 6) is 0.0689. The number of carbonyl (C=O) groups excluding carboxylic acids is 2. The molecule has 1 saturated heterocycles. The number of rotatable bonds is 5. The van der Waals surface area contributed by atoms with Crippen molar-refractivity contribution in [3.63, 3.8) is 0 Å². The van der Waals surface area contributed by atoms with Crippen molar-refractivity contribution >= 4 is 17.5 Å². The van der Waals surface area contributed by atoms with Gasteiger partial charge < -0.3 is 25.8 Å². The minimum absolute atomic E-state index is 0.0791. The first-order valence-electron chi connectivity index (χ1n) is 6.74. The van der Waals surface area contributed by atoms with E-state index in [4.69, 9.17) is 4.74 Å². The predicted octanol–water partition coefficient (Wildman–Crippen LogP) is -0.527. The maximum atomic E-state index is 12.0. The Morgan fingerprint density at radius 3 is 2.95 bits per heavy atom. The van der Waals surface area contributed by atoms with Gasteiger partial charge >= 0.3 is 0 Å². The standard InChI is InChI=1S/C14H19N3O4/c1-15-13(19)8-21-11-4-2-3-9(5-11)17-14(20)12-6-10(18)7-16-12/h2-5,10,12,16,18H,6-8H2,1H3,(H,15,19)(H,17,20). The summed E-state index contributed by atoms with van der Waals surface area (Å²) < 4.78 is 5.30. The molecule has 0 saturated carbocycles. The number of aliphatic hydroxyl groups excluding tert-OH is 1. The number of anilines is 1. The van der Waals surface area contributed by atoms with E-state index in [0.29, 0.717) is 24.4 Å². The lowest BCUT2D eigenvalue weighted by Gasteiger charge is -2.12.